The molecule has 1 aliphatic rings. The van der Waals surface area contributed by atoms with Crippen molar-refractivity contribution in [3.8, 4) is 0 Å². The molecule has 13 heavy (non-hydrogen) atoms. The number of anilines is 1. The van der Waals surface area contributed by atoms with Crippen molar-refractivity contribution in [3.63, 3.8) is 0 Å². The van der Waals surface area contributed by atoms with Crippen LogP contribution in [-0.2, 0) is 0 Å². The van der Waals surface area contributed by atoms with E-state index in [4.69, 9.17) is 10.8 Å². The summed E-state index contributed by atoms with van der Waals surface area (Å²) in [4.78, 5) is 8.05. The van der Waals surface area contributed by atoms with Crippen LogP contribution < -0.4 is 5.73 Å². The Morgan fingerprint density at radius 2 is 2.31 bits per heavy atom. The molecule has 1 heterocycles. The van der Waals surface area contributed by atoms with Crippen molar-refractivity contribution in [1.29, 1.82) is 0 Å². The van der Waals surface area contributed by atoms with Crippen molar-refractivity contribution in [2.24, 2.45) is 0 Å². The van der Waals surface area contributed by atoms with Gasteiger partial charge in [0.15, 0.2) is 0 Å². The average molecular weight is 177 g/mol. The van der Waals surface area contributed by atoms with Crippen LogP contribution in [0.3, 0.4) is 0 Å². The first-order valence-electron chi connectivity index (χ1n) is 4.22. The van der Waals surface area contributed by atoms with Gasteiger partial charge in [-0.2, -0.15) is 0 Å². The van der Waals surface area contributed by atoms with Gasteiger partial charge >= 0.3 is 0 Å². The molecule has 3 N–H and O–H groups in total. The van der Waals surface area contributed by atoms with Crippen LogP contribution >= 0.6 is 0 Å². The fraction of sp³-hybridized carbons (Fsp3) is 0.333. The van der Waals surface area contributed by atoms with E-state index in [1.807, 2.05) is 12.2 Å². The lowest BCUT2D eigenvalue weighted by atomic mass is 10.0. The third-order valence-electron chi connectivity index (χ3n) is 2.23. The maximum atomic E-state index is 8.81. The Labute approximate surface area is 76.1 Å². The lowest BCUT2D eigenvalue weighted by molar-refractivity contribution is 0.282. The Hall–Kier alpha value is -1.42. The van der Waals surface area contributed by atoms with Crippen LogP contribution in [0.15, 0.2) is 12.4 Å². The Bertz CT molecular complexity index is 349. The van der Waals surface area contributed by atoms with Crippen molar-refractivity contribution in [2.75, 3.05) is 12.3 Å². The van der Waals surface area contributed by atoms with Crippen LogP contribution in [0, 0.1) is 0 Å². The van der Waals surface area contributed by atoms with Crippen LogP contribution in [0.5, 0.6) is 0 Å². The second-order valence-corrected chi connectivity index (χ2v) is 3.04. The van der Waals surface area contributed by atoms with E-state index in [1.54, 1.807) is 0 Å². The summed E-state index contributed by atoms with van der Waals surface area (Å²) >= 11 is 0. The minimum atomic E-state index is 0.165. The number of aliphatic hydroxyl groups excluding tert-OH is 1. The van der Waals surface area contributed by atoms with E-state index < -0.39 is 0 Å². The van der Waals surface area contributed by atoms with Gasteiger partial charge in [-0.3, -0.25) is 0 Å². The second kappa shape index (κ2) is 3.14. The van der Waals surface area contributed by atoms with E-state index in [-0.39, 0.29) is 12.5 Å². The molecule has 1 unspecified atom stereocenters. The Morgan fingerprint density at radius 3 is 3.08 bits per heavy atom. The Morgan fingerprint density at radius 1 is 1.46 bits per heavy atom. The maximum Gasteiger partial charge on any atom is 0.134 e. The van der Waals surface area contributed by atoms with Crippen molar-refractivity contribution in [1.82, 2.24) is 9.97 Å². The quantitative estimate of drug-likeness (QED) is 0.692. The molecule has 1 atom stereocenters. The molecule has 1 aromatic rings. The summed E-state index contributed by atoms with van der Waals surface area (Å²) in [6.07, 6.45) is 6.09. The van der Waals surface area contributed by atoms with Gasteiger partial charge in [0.05, 0.1) is 5.69 Å². The van der Waals surface area contributed by atoms with Gasteiger partial charge in [-0.25, -0.2) is 9.97 Å². The predicted molar refractivity (Wildman–Crippen MR) is 49.9 cm³/mol. The van der Waals surface area contributed by atoms with E-state index in [9.17, 15) is 0 Å². The van der Waals surface area contributed by atoms with Gasteiger partial charge in [0.2, 0.25) is 0 Å². The highest BCUT2D eigenvalue weighted by Gasteiger charge is 2.20. The van der Waals surface area contributed by atoms with E-state index in [2.05, 4.69) is 9.97 Å². The molecular formula is C9H11N3O. The third-order valence-corrected chi connectivity index (χ3v) is 2.23. The number of allylic oxidation sites excluding steroid dienone is 1. The highest BCUT2D eigenvalue weighted by molar-refractivity contribution is 5.68. The molecular weight excluding hydrogens is 166 g/mol. The average Bonchev–Trinajstić information content (AvgIpc) is 2.51. The van der Waals surface area contributed by atoms with Crippen LogP contribution in [0.25, 0.3) is 6.08 Å². The van der Waals surface area contributed by atoms with Gasteiger partial charge in [-0.05, 0) is 6.42 Å². The van der Waals surface area contributed by atoms with Gasteiger partial charge in [0.1, 0.15) is 12.1 Å². The molecule has 68 valence electrons. The number of aromatic nitrogens is 2. The van der Waals surface area contributed by atoms with E-state index >= 15 is 0 Å². The number of fused-ring (bicyclic) bond motifs is 1. The topological polar surface area (TPSA) is 72.0 Å². The first kappa shape index (κ1) is 8.19. The van der Waals surface area contributed by atoms with Crippen LogP contribution in [-0.4, -0.2) is 21.7 Å². The molecule has 1 aromatic heterocycles. The van der Waals surface area contributed by atoms with Gasteiger partial charge < -0.3 is 10.8 Å². The zero-order chi connectivity index (χ0) is 9.26. The first-order valence-corrected chi connectivity index (χ1v) is 4.22. The van der Waals surface area contributed by atoms with Gasteiger partial charge in [-0.1, -0.05) is 12.2 Å². The molecule has 2 rings (SSSR count). The Kier molecular flexibility index (Phi) is 1.98. The molecule has 0 bridgehead atoms. The van der Waals surface area contributed by atoms with Crippen LogP contribution in [0.4, 0.5) is 5.82 Å². The van der Waals surface area contributed by atoms with Crippen LogP contribution in [0.2, 0.25) is 0 Å². The van der Waals surface area contributed by atoms with E-state index in [1.165, 1.54) is 6.33 Å². The predicted octanol–water partition coefficient (Wildman–Crippen LogP) is 0.552. The van der Waals surface area contributed by atoms with Gasteiger partial charge in [0, 0.05) is 18.1 Å². The normalized spacial score (nSPS) is 19.0. The monoisotopic (exact) mass is 177 g/mol. The first-order chi connectivity index (χ1) is 6.33. The lowest BCUT2D eigenvalue weighted by Gasteiger charge is -2.07. The number of hydrogen-bond acceptors (Lipinski definition) is 4. The highest BCUT2D eigenvalue weighted by atomic mass is 16.3. The summed E-state index contributed by atoms with van der Waals surface area (Å²) in [7, 11) is 0. The van der Waals surface area contributed by atoms with Gasteiger partial charge in [0.25, 0.3) is 0 Å². The smallest absolute Gasteiger partial charge is 0.134 e. The summed E-state index contributed by atoms with van der Waals surface area (Å²) < 4.78 is 0. The minimum absolute atomic E-state index is 0.165. The molecule has 0 aromatic carbocycles. The fourth-order valence-electron chi connectivity index (χ4n) is 1.57. The summed E-state index contributed by atoms with van der Waals surface area (Å²) in [6, 6.07) is 0. The van der Waals surface area contributed by atoms with Crippen LogP contribution in [0.1, 0.15) is 23.6 Å². The lowest BCUT2D eigenvalue weighted by Crippen LogP contribution is -2.03. The standard InChI is InChI=1S/C9H11N3O/c10-9-7-2-1-6(3-4-13)8(7)11-5-12-9/h1-2,5-6,13H,3-4H2,(H2,10,11,12). The van der Waals surface area contributed by atoms with Crippen molar-refractivity contribution in [2.45, 2.75) is 12.3 Å². The maximum absolute atomic E-state index is 8.81. The van der Waals surface area contributed by atoms with Crippen molar-refractivity contribution >= 4 is 11.9 Å². The number of hydrogen-bond donors (Lipinski definition) is 2. The second-order valence-electron chi connectivity index (χ2n) is 3.04. The highest BCUT2D eigenvalue weighted by Crippen LogP contribution is 2.32. The zero-order valence-electron chi connectivity index (χ0n) is 7.14. The molecule has 0 radical (unpaired) electrons. The Balaban J connectivity index is 2.37. The third kappa shape index (κ3) is 1.29. The largest absolute Gasteiger partial charge is 0.396 e. The summed E-state index contributed by atoms with van der Waals surface area (Å²) in [6.45, 7) is 0.165. The summed E-state index contributed by atoms with van der Waals surface area (Å²) in [5, 5.41) is 8.81. The summed E-state index contributed by atoms with van der Waals surface area (Å²) in [5.41, 5.74) is 7.50. The SMILES string of the molecule is Nc1ncnc2c1C=CC2CCO. The number of aliphatic hydroxyl groups is 1. The molecule has 1 aliphatic carbocycles. The molecule has 4 heteroatoms. The number of nitrogens with two attached hydrogens (primary N) is 1. The van der Waals surface area contributed by atoms with Crippen molar-refractivity contribution < 1.29 is 5.11 Å². The van der Waals surface area contributed by atoms with E-state index in [0.717, 1.165) is 11.3 Å². The minimum Gasteiger partial charge on any atom is -0.396 e. The van der Waals surface area contributed by atoms with Gasteiger partial charge in [-0.15, -0.1) is 0 Å². The molecule has 4 nitrogen and oxygen atoms in total. The number of nitrogen functional groups attached to an aromatic ring is 1. The number of nitrogens with zero attached hydrogens (tertiary/aromatic N) is 2. The fourth-order valence-corrected chi connectivity index (χ4v) is 1.57. The zero-order valence-corrected chi connectivity index (χ0v) is 7.14. The van der Waals surface area contributed by atoms with E-state index in [0.29, 0.717) is 12.2 Å². The molecule has 0 aliphatic heterocycles. The van der Waals surface area contributed by atoms with Crippen molar-refractivity contribution in [3.05, 3.63) is 23.7 Å². The summed E-state index contributed by atoms with van der Waals surface area (Å²) in [5.74, 6) is 0.715. The molecule has 0 saturated heterocycles. The molecule has 0 fully saturated rings. The number of rotatable bonds is 2. The molecule has 0 saturated carbocycles. The molecule has 0 amide bonds. The molecule has 0 spiro atoms.